The van der Waals surface area contributed by atoms with Crippen molar-refractivity contribution in [3.05, 3.63) is 35.3 Å². The molecule has 0 aromatic heterocycles. The molecule has 1 aromatic carbocycles. The molecule has 5 nitrogen and oxygen atoms in total. The third kappa shape index (κ3) is 4.17. The summed E-state index contributed by atoms with van der Waals surface area (Å²) in [6.07, 6.45) is -0.187. The minimum atomic E-state index is -0.261. The Labute approximate surface area is 120 Å². The summed E-state index contributed by atoms with van der Waals surface area (Å²) in [5.41, 5.74) is 0. The Morgan fingerprint density at radius 2 is 2.11 bits per heavy atom. The zero-order valence-electron chi connectivity index (χ0n) is 10.3. The predicted octanol–water partition coefficient (Wildman–Crippen LogP) is 2.03. The van der Waals surface area contributed by atoms with Crippen molar-refractivity contribution in [3.8, 4) is 11.5 Å². The number of hydrogen-bond donors (Lipinski definition) is 2. The molecule has 1 heterocycles. The Balaban J connectivity index is 1.76. The molecule has 0 radical (unpaired) electrons. The lowest BCUT2D eigenvalue weighted by molar-refractivity contribution is 0.0918. The molecule has 0 bridgehead atoms. The number of halogens is 1. The van der Waals surface area contributed by atoms with Crippen molar-refractivity contribution in [3.63, 3.8) is 0 Å². The van der Waals surface area contributed by atoms with Gasteiger partial charge in [-0.2, -0.15) is 0 Å². The Bertz CT molecular complexity index is 479. The van der Waals surface area contributed by atoms with E-state index in [9.17, 15) is 4.79 Å². The largest absolute Gasteiger partial charge is 0.486 e. The lowest BCUT2D eigenvalue weighted by atomic mass is 10.2. The summed E-state index contributed by atoms with van der Waals surface area (Å²) in [5, 5.41) is 5.37. The van der Waals surface area contributed by atoms with Crippen LogP contribution in [0, 0.1) is 0 Å². The fraction of sp³-hybridized carbons (Fsp3) is 0.308. The predicted molar refractivity (Wildman–Crippen MR) is 75.8 cm³/mol. The molecule has 0 fully saturated rings. The smallest absolute Gasteiger partial charge is 0.315 e. The van der Waals surface area contributed by atoms with Crippen molar-refractivity contribution in [2.24, 2.45) is 0 Å². The van der Waals surface area contributed by atoms with Crippen molar-refractivity contribution in [1.82, 2.24) is 10.6 Å². The third-order valence-corrected chi connectivity index (χ3v) is 2.78. The first-order valence-corrected chi connectivity index (χ1v) is 6.68. The van der Waals surface area contributed by atoms with Gasteiger partial charge < -0.3 is 20.1 Å². The Hall–Kier alpha value is -1.69. The van der Waals surface area contributed by atoms with Crippen molar-refractivity contribution in [1.29, 1.82) is 0 Å². The fourth-order valence-electron chi connectivity index (χ4n) is 1.61. The Kier molecular flexibility index (Phi) is 4.68. The van der Waals surface area contributed by atoms with Crippen LogP contribution in [0.5, 0.6) is 11.5 Å². The van der Waals surface area contributed by atoms with Crippen LogP contribution in [0.4, 0.5) is 4.79 Å². The van der Waals surface area contributed by atoms with Crippen LogP contribution in [0.2, 0.25) is 0 Å². The molecule has 1 aliphatic rings. The maximum Gasteiger partial charge on any atom is 0.315 e. The lowest BCUT2D eigenvalue weighted by Crippen LogP contribution is -2.44. The molecule has 6 heteroatoms. The number of hydrogen-bond acceptors (Lipinski definition) is 3. The molecular weight excluding hydrogens is 312 g/mol. The second-order valence-corrected chi connectivity index (χ2v) is 5.20. The van der Waals surface area contributed by atoms with Gasteiger partial charge in [-0.15, -0.1) is 0 Å². The average Bonchev–Trinajstić information content (AvgIpc) is 2.42. The molecule has 2 N–H and O–H groups in total. The van der Waals surface area contributed by atoms with Gasteiger partial charge in [0.2, 0.25) is 0 Å². The molecule has 1 atom stereocenters. The molecule has 2 rings (SSSR count). The summed E-state index contributed by atoms with van der Waals surface area (Å²) >= 11 is 3.17. The second-order valence-electron chi connectivity index (χ2n) is 4.08. The van der Waals surface area contributed by atoms with Gasteiger partial charge in [-0.1, -0.05) is 34.6 Å². The second kappa shape index (κ2) is 6.47. The number of ether oxygens (including phenoxy) is 2. The normalized spacial score (nSPS) is 16.6. The van der Waals surface area contributed by atoms with Crippen molar-refractivity contribution in [2.45, 2.75) is 6.10 Å². The number of urea groups is 1. The van der Waals surface area contributed by atoms with Crippen LogP contribution in [0.15, 0.2) is 35.3 Å². The lowest BCUT2D eigenvalue weighted by Gasteiger charge is -2.26. The van der Waals surface area contributed by atoms with Crippen LogP contribution in [0.3, 0.4) is 0 Å². The number of amides is 2. The van der Waals surface area contributed by atoms with E-state index in [0.717, 1.165) is 5.75 Å². The van der Waals surface area contributed by atoms with Crippen molar-refractivity contribution < 1.29 is 14.3 Å². The summed E-state index contributed by atoms with van der Waals surface area (Å²) in [6.45, 7) is 4.82. The molecule has 1 unspecified atom stereocenters. The van der Waals surface area contributed by atoms with E-state index in [-0.39, 0.29) is 12.1 Å². The van der Waals surface area contributed by atoms with E-state index in [1.807, 2.05) is 24.3 Å². The molecule has 0 spiro atoms. The van der Waals surface area contributed by atoms with E-state index in [0.29, 0.717) is 29.9 Å². The molecule has 0 saturated carbocycles. The summed E-state index contributed by atoms with van der Waals surface area (Å²) in [4.78, 5) is 11.5. The molecule has 102 valence electrons. The first-order valence-electron chi connectivity index (χ1n) is 5.88. The number of benzene rings is 1. The van der Waals surface area contributed by atoms with E-state index in [2.05, 4.69) is 33.1 Å². The molecule has 19 heavy (non-hydrogen) atoms. The standard InChI is InChI=1S/C13H15BrN2O3/c1-9(14)6-15-13(17)16-7-10-8-18-11-4-2-3-5-12(11)19-10/h2-5,10H,1,6-8H2,(H2,15,16,17). The molecule has 0 saturated heterocycles. The number of nitrogens with one attached hydrogen (secondary N) is 2. The molecule has 0 aliphatic carbocycles. The summed E-state index contributed by atoms with van der Waals surface area (Å²) < 4.78 is 12.0. The first-order chi connectivity index (χ1) is 9.15. The van der Waals surface area contributed by atoms with Crippen LogP contribution in [0.1, 0.15) is 0 Å². The minimum absolute atomic E-state index is 0.187. The fourth-order valence-corrected chi connectivity index (χ4v) is 1.75. The van der Waals surface area contributed by atoms with Crippen LogP contribution < -0.4 is 20.1 Å². The number of fused-ring (bicyclic) bond motifs is 1. The van der Waals surface area contributed by atoms with Crippen LogP contribution >= 0.6 is 15.9 Å². The van der Waals surface area contributed by atoms with Crippen LogP contribution in [-0.2, 0) is 0 Å². The molecule has 1 aliphatic heterocycles. The van der Waals surface area contributed by atoms with Crippen LogP contribution in [-0.4, -0.2) is 31.8 Å². The van der Waals surface area contributed by atoms with Gasteiger partial charge in [0.25, 0.3) is 0 Å². The van der Waals surface area contributed by atoms with Gasteiger partial charge in [-0.25, -0.2) is 4.79 Å². The van der Waals surface area contributed by atoms with Gasteiger partial charge in [-0.3, -0.25) is 0 Å². The van der Waals surface area contributed by atoms with E-state index in [4.69, 9.17) is 9.47 Å². The van der Waals surface area contributed by atoms with Gasteiger partial charge in [-0.05, 0) is 12.1 Å². The van der Waals surface area contributed by atoms with Gasteiger partial charge in [0.1, 0.15) is 6.61 Å². The first kappa shape index (κ1) is 13.7. The number of rotatable bonds is 4. The topological polar surface area (TPSA) is 59.6 Å². The average molecular weight is 327 g/mol. The van der Waals surface area contributed by atoms with Gasteiger partial charge in [0.15, 0.2) is 17.6 Å². The summed E-state index contributed by atoms with van der Waals surface area (Å²) in [6, 6.07) is 7.21. The van der Waals surface area contributed by atoms with Gasteiger partial charge in [0, 0.05) is 4.48 Å². The maximum atomic E-state index is 11.5. The number of para-hydroxylation sites is 2. The van der Waals surface area contributed by atoms with E-state index in [1.54, 1.807) is 0 Å². The van der Waals surface area contributed by atoms with Crippen molar-refractivity contribution >= 4 is 22.0 Å². The SMILES string of the molecule is C=C(Br)CNC(=O)NCC1COc2ccccc2O1. The van der Waals surface area contributed by atoms with E-state index < -0.39 is 0 Å². The van der Waals surface area contributed by atoms with Gasteiger partial charge >= 0.3 is 6.03 Å². The number of carbonyl (C=O) groups excluding carboxylic acids is 1. The monoisotopic (exact) mass is 326 g/mol. The summed E-state index contributed by atoms with van der Waals surface area (Å²) in [7, 11) is 0. The highest BCUT2D eigenvalue weighted by atomic mass is 79.9. The highest BCUT2D eigenvalue weighted by molar-refractivity contribution is 9.11. The highest BCUT2D eigenvalue weighted by Crippen LogP contribution is 2.30. The molecule has 1 aromatic rings. The Morgan fingerprint density at radius 1 is 1.37 bits per heavy atom. The molecule has 2 amide bonds. The quantitative estimate of drug-likeness (QED) is 0.890. The summed E-state index contributed by atoms with van der Waals surface area (Å²) in [5.74, 6) is 1.44. The highest BCUT2D eigenvalue weighted by Gasteiger charge is 2.20. The van der Waals surface area contributed by atoms with Gasteiger partial charge in [0.05, 0.1) is 13.1 Å². The van der Waals surface area contributed by atoms with E-state index in [1.165, 1.54) is 0 Å². The van der Waals surface area contributed by atoms with E-state index >= 15 is 0 Å². The minimum Gasteiger partial charge on any atom is -0.486 e. The number of carbonyl (C=O) groups is 1. The Morgan fingerprint density at radius 3 is 2.84 bits per heavy atom. The van der Waals surface area contributed by atoms with Crippen LogP contribution in [0.25, 0.3) is 0 Å². The maximum absolute atomic E-state index is 11.5. The van der Waals surface area contributed by atoms with Crippen molar-refractivity contribution in [2.75, 3.05) is 19.7 Å². The zero-order valence-corrected chi connectivity index (χ0v) is 11.9. The zero-order chi connectivity index (χ0) is 13.7. The molecular formula is C13H15BrN2O3. The third-order valence-electron chi connectivity index (χ3n) is 2.50.